The molecule has 0 spiro atoms. The summed E-state index contributed by atoms with van der Waals surface area (Å²) in [6.45, 7) is 4.81. The summed E-state index contributed by atoms with van der Waals surface area (Å²) in [5, 5.41) is 3.79. The first-order valence-electron chi connectivity index (χ1n) is 5.84. The first kappa shape index (κ1) is 14.5. The Kier molecular flexibility index (Phi) is 7.24. The molecule has 1 aromatic rings. The van der Waals surface area contributed by atoms with Crippen molar-refractivity contribution in [1.29, 1.82) is 0 Å². The van der Waals surface area contributed by atoms with Crippen molar-refractivity contribution in [2.24, 2.45) is 0 Å². The van der Waals surface area contributed by atoms with Crippen LogP contribution in [0.2, 0.25) is 0 Å². The molecule has 4 heteroatoms. The van der Waals surface area contributed by atoms with Crippen LogP contribution in [0.5, 0.6) is 0 Å². The Labute approximate surface area is 107 Å². The number of hydrogen-bond donors (Lipinski definition) is 1. The van der Waals surface area contributed by atoms with Crippen molar-refractivity contribution in [3.63, 3.8) is 0 Å². The van der Waals surface area contributed by atoms with Crippen LogP contribution in [-0.2, 0) is 4.74 Å². The molecule has 0 aliphatic rings. The van der Waals surface area contributed by atoms with Crippen LogP contribution >= 0.6 is 11.8 Å². The predicted molar refractivity (Wildman–Crippen MR) is 71.1 cm³/mol. The van der Waals surface area contributed by atoms with E-state index >= 15 is 0 Å². The maximum absolute atomic E-state index is 13.0. The second-order valence-electron chi connectivity index (χ2n) is 3.94. The topological polar surface area (TPSA) is 21.3 Å². The Morgan fingerprint density at radius 2 is 2.29 bits per heavy atom. The van der Waals surface area contributed by atoms with Crippen molar-refractivity contribution >= 4 is 11.8 Å². The number of thioether (sulfide) groups is 1. The third-order valence-electron chi connectivity index (χ3n) is 2.27. The van der Waals surface area contributed by atoms with E-state index in [4.69, 9.17) is 4.74 Å². The van der Waals surface area contributed by atoms with Crippen molar-refractivity contribution in [2.75, 3.05) is 26.8 Å². The summed E-state index contributed by atoms with van der Waals surface area (Å²) in [7, 11) is 1.71. The van der Waals surface area contributed by atoms with E-state index < -0.39 is 0 Å². The fourth-order valence-electron chi connectivity index (χ4n) is 1.46. The normalized spacial score (nSPS) is 12.6. The fraction of sp³-hybridized carbons (Fsp3) is 0.538. The number of methoxy groups -OCH3 is 1. The van der Waals surface area contributed by atoms with Crippen LogP contribution in [0.3, 0.4) is 0 Å². The third kappa shape index (κ3) is 6.66. The second kappa shape index (κ2) is 8.50. The average molecular weight is 257 g/mol. The highest BCUT2D eigenvalue weighted by molar-refractivity contribution is 8.00. The van der Waals surface area contributed by atoms with Gasteiger partial charge in [-0.3, -0.25) is 0 Å². The van der Waals surface area contributed by atoms with Gasteiger partial charge in [0.25, 0.3) is 0 Å². The first-order chi connectivity index (χ1) is 8.22. The number of nitrogens with one attached hydrogen (secondary N) is 1. The lowest BCUT2D eigenvalue weighted by molar-refractivity contribution is 0.194. The van der Waals surface area contributed by atoms with Crippen molar-refractivity contribution in [1.82, 2.24) is 5.32 Å². The van der Waals surface area contributed by atoms with E-state index in [9.17, 15) is 4.39 Å². The summed E-state index contributed by atoms with van der Waals surface area (Å²) in [5.41, 5.74) is 0. The summed E-state index contributed by atoms with van der Waals surface area (Å²) in [6, 6.07) is 6.73. The lowest BCUT2D eigenvalue weighted by Crippen LogP contribution is -2.24. The van der Waals surface area contributed by atoms with Crippen LogP contribution < -0.4 is 5.32 Å². The van der Waals surface area contributed by atoms with Crippen LogP contribution in [0.15, 0.2) is 29.2 Å². The molecule has 96 valence electrons. The molecule has 0 heterocycles. The highest BCUT2D eigenvalue weighted by Crippen LogP contribution is 2.23. The van der Waals surface area contributed by atoms with Crippen molar-refractivity contribution < 1.29 is 9.13 Å². The molecule has 0 bridgehead atoms. The van der Waals surface area contributed by atoms with Gasteiger partial charge in [0, 0.05) is 30.4 Å². The lowest BCUT2D eigenvalue weighted by Gasteiger charge is -2.12. The predicted octanol–water partition coefficient (Wildman–Crippen LogP) is 2.93. The number of benzene rings is 1. The van der Waals surface area contributed by atoms with Gasteiger partial charge in [0.1, 0.15) is 5.82 Å². The van der Waals surface area contributed by atoms with Gasteiger partial charge in [-0.05, 0) is 31.2 Å². The molecule has 2 nitrogen and oxygen atoms in total. The molecule has 0 aromatic heterocycles. The van der Waals surface area contributed by atoms with E-state index in [-0.39, 0.29) is 5.82 Å². The Balaban J connectivity index is 2.18. The van der Waals surface area contributed by atoms with E-state index in [1.807, 2.05) is 6.07 Å². The third-order valence-corrected chi connectivity index (χ3v) is 3.36. The van der Waals surface area contributed by atoms with Crippen LogP contribution in [0.1, 0.15) is 13.3 Å². The Hall–Kier alpha value is -0.580. The molecule has 0 aliphatic heterocycles. The SMILES string of the molecule is COCCCNCC(C)Sc1cccc(F)c1. The van der Waals surface area contributed by atoms with Crippen molar-refractivity contribution in [2.45, 2.75) is 23.5 Å². The maximum atomic E-state index is 13.0. The molecule has 1 N–H and O–H groups in total. The van der Waals surface area contributed by atoms with Gasteiger partial charge < -0.3 is 10.1 Å². The summed E-state index contributed by atoms with van der Waals surface area (Å²) >= 11 is 1.69. The molecule has 1 unspecified atom stereocenters. The van der Waals surface area contributed by atoms with Crippen molar-refractivity contribution in [3.8, 4) is 0 Å². The summed E-state index contributed by atoms with van der Waals surface area (Å²) in [4.78, 5) is 0.983. The van der Waals surface area contributed by atoms with E-state index in [2.05, 4.69) is 12.2 Å². The molecular weight excluding hydrogens is 237 g/mol. The lowest BCUT2D eigenvalue weighted by atomic mass is 10.3. The van der Waals surface area contributed by atoms with Crippen LogP contribution in [0.25, 0.3) is 0 Å². The van der Waals surface area contributed by atoms with E-state index in [1.54, 1.807) is 31.0 Å². The molecule has 1 rings (SSSR count). The largest absolute Gasteiger partial charge is 0.385 e. The molecule has 1 atom stereocenters. The molecular formula is C13H20FNOS. The first-order valence-corrected chi connectivity index (χ1v) is 6.72. The van der Waals surface area contributed by atoms with E-state index in [0.29, 0.717) is 5.25 Å². The Bertz CT molecular complexity index is 322. The Morgan fingerprint density at radius 3 is 3.00 bits per heavy atom. The van der Waals surface area contributed by atoms with E-state index in [1.165, 1.54) is 6.07 Å². The molecule has 0 saturated carbocycles. The minimum atomic E-state index is -0.171. The maximum Gasteiger partial charge on any atom is 0.124 e. The minimum absolute atomic E-state index is 0.171. The van der Waals surface area contributed by atoms with Crippen LogP contribution in [-0.4, -0.2) is 32.1 Å². The standard InChI is InChI=1S/C13H20FNOS/c1-11(10-15-7-4-8-16-2)17-13-6-3-5-12(14)9-13/h3,5-6,9,11,15H,4,7-8,10H2,1-2H3. The molecule has 17 heavy (non-hydrogen) atoms. The number of rotatable bonds is 8. The van der Waals surface area contributed by atoms with Gasteiger partial charge >= 0.3 is 0 Å². The molecule has 1 aromatic carbocycles. The van der Waals surface area contributed by atoms with Crippen molar-refractivity contribution in [3.05, 3.63) is 30.1 Å². The number of halogens is 1. The van der Waals surface area contributed by atoms with Gasteiger partial charge in [0.15, 0.2) is 0 Å². The highest BCUT2D eigenvalue weighted by Gasteiger charge is 2.04. The molecule has 0 radical (unpaired) electrons. The summed E-state index contributed by atoms with van der Waals surface area (Å²) in [6.07, 6.45) is 1.02. The molecule has 0 fully saturated rings. The number of ether oxygens (including phenoxy) is 1. The van der Waals surface area contributed by atoms with Gasteiger partial charge in [-0.2, -0.15) is 0 Å². The zero-order valence-corrected chi connectivity index (χ0v) is 11.2. The fourth-order valence-corrected chi connectivity index (χ4v) is 2.46. The smallest absolute Gasteiger partial charge is 0.124 e. The van der Waals surface area contributed by atoms with Gasteiger partial charge in [-0.25, -0.2) is 4.39 Å². The van der Waals surface area contributed by atoms with Crippen LogP contribution in [0.4, 0.5) is 4.39 Å². The van der Waals surface area contributed by atoms with Gasteiger partial charge in [-0.15, -0.1) is 11.8 Å². The van der Waals surface area contributed by atoms with Gasteiger partial charge in [-0.1, -0.05) is 13.0 Å². The van der Waals surface area contributed by atoms with Gasteiger partial charge in [0.2, 0.25) is 0 Å². The second-order valence-corrected chi connectivity index (χ2v) is 5.45. The zero-order valence-electron chi connectivity index (χ0n) is 10.4. The number of hydrogen-bond acceptors (Lipinski definition) is 3. The quantitative estimate of drug-likeness (QED) is 0.571. The Morgan fingerprint density at radius 1 is 1.47 bits per heavy atom. The summed E-state index contributed by atoms with van der Waals surface area (Å²) < 4.78 is 17.9. The van der Waals surface area contributed by atoms with E-state index in [0.717, 1.165) is 31.0 Å². The zero-order chi connectivity index (χ0) is 12.5. The molecule has 0 aliphatic carbocycles. The summed E-state index contributed by atoms with van der Waals surface area (Å²) in [5.74, 6) is -0.171. The minimum Gasteiger partial charge on any atom is -0.385 e. The highest BCUT2D eigenvalue weighted by atomic mass is 32.2. The molecule has 0 amide bonds. The monoisotopic (exact) mass is 257 g/mol. The average Bonchev–Trinajstić information content (AvgIpc) is 2.29. The van der Waals surface area contributed by atoms with Crippen LogP contribution in [0, 0.1) is 5.82 Å². The molecule has 0 saturated heterocycles. The van der Waals surface area contributed by atoms with Gasteiger partial charge in [0.05, 0.1) is 0 Å².